The third-order valence-electron chi connectivity index (χ3n) is 8.81. The minimum atomic E-state index is -1.27. The van der Waals surface area contributed by atoms with Crippen molar-refractivity contribution in [1.82, 2.24) is 9.47 Å². The summed E-state index contributed by atoms with van der Waals surface area (Å²) in [4.78, 5) is 47.1. The van der Waals surface area contributed by atoms with Crippen molar-refractivity contribution in [3.63, 3.8) is 0 Å². The van der Waals surface area contributed by atoms with E-state index in [1.54, 1.807) is 45.2 Å². The summed E-state index contributed by atoms with van der Waals surface area (Å²) in [6, 6.07) is 30.3. The van der Waals surface area contributed by atoms with Crippen LogP contribution in [0.4, 0.5) is 10.5 Å². The van der Waals surface area contributed by atoms with Gasteiger partial charge in [0.2, 0.25) is 5.91 Å². The summed E-state index contributed by atoms with van der Waals surface area (Å²) in [5, 5.41) is 14.7. The van der Waals surface area contributed by atoms with E-state index in [9.17, 15) is 19.5 Å². The molecule has 0 unspecified atom stereocenters. The van der Waals surface area contributed by atoms with Crippen molar-refractivity contribution in [2.75, 3.05) is 11.9 Å². The molecule has 0 bridgehead atoms. The molecule has 1 aliphatic rings. The molecule has 2 N–H and O–H groups in total. The average molecular weight is 705 g/mol. The highest BCUT2D eigenvalue weighted by Crippen LogP contribution is 2.32. The highest BCUT2D eigenvalue weighted by molar-refractivity contribution is 6.36. The number of anilines is 1. The maximum Gasteiger partial charge on any atom is 0.419 e. The lowest BCUT2D eigenvalue weighted by molar-refractivity contribution is -0.138. The molecular weight excluding hydrogens is 664 g/mol. The lowest BCUT2D eigenvalue weighted by Gasteiger charge is -2.24. The number of nitrogens with one attached hydrogen (secondary N) is 1. The minimum Gasteiger partial charge on any atom is -0.480 e. The van der Waals surface area contributed by atoms with E-state index in [1.165, 1.54) is 4.57 Å². The Hall–Kier alpha value is -5.25. The highest BCUT2D eigenvalue weighted by atomic mass is 35.5. The monoisotopic (exact) mass is 704 g/mol. The maximum absolute atomic E-state index is 13.9. The number of rotatable bonds is 10. The maximum atomic E-state index is 13.9. The smallest absolute Gasteiger partial charge is 0.419 e. The SMILES string of the molecule is CC(C)(C)OC(=O)n1cc(C[C@H](N=C(c2ccccc2)c2ccccc2NC(=O)[C@@H]2CCCN2Cc2ccccc2)C(=O)O)c2c(Cl)cccc21. The lowest BCUT2D eigenvalue weighted by atomic mass is 9.98. The summed E-state index contributed by atoms with van der Waals surface area (Å²) in [6.45, 7) is 6.82. The number of hydrogen-bond acceptors (Lipinski definition) is 6. The van der Waals surface area contributed by atoms with Crippen molar-refractivity contribution in [3.05, 3.63) is 137 Å². The van der Waals surface area contributed by atoms with Crippen LogP contribution in [0.5, 0.6) is 0 Å². The van der Waals surface area contributed by atoms with Gasteiger partial charge in [-0.3, -0.25) is 19.3 Å². The van der Waals surface area contributed by atoms with Crippen LogP contribution in [0, 0.1) is 0 Å². The number of hydrogen-bond donors (Lipinski definition) is 2. The quantitative estimate of drug-likeness (QED) is 0.142. The van der Waals surface area contributed by atoms with Crippen LogP contribution in [0.15, 0.2) is 114 Å². The molecule has 4 aromatic carbocycles. The Morgan fingerprint density at radius 1 is 0.941 bits per heavy atom. The molecule has 2 atom stereocenters. The van der Waals surface area contributed by atoms with Gasteiger partial charge in [-0.1, -0.05) is 96.5 Å². The number of likely N-dealkylation sites (tertiary alicyclic amines) is 1. The van der Waals surface area contributed by atoms with Gasteiger partial charge < -0.3 is 15.2 Å². The Kier molecular flexibility index (Phi) is 10.7. The van der Waals surface area contributed by atoms with Gasteiger partial charge in [0.15, 0.2) is 6.04 Å². The Morgan fingerprint density at radius 2 is 1.63 bits per heavy atom. The molecule has 5 aromatic rings. The van der Waals surface area contributed by atoms with Gasteiger partial charge in [-0.2, -0.15) is 0 Å². The van der Waals surface area contributed by atoms with Gasteiger partial charge in [0, 0.05) is 35.7 Å². The second-order valence-corrected chi connectivity index (χ2v) is 14.1. The first-order valence-electron chi connectivity index (χ1n) is 17.0. The summed E-state index contributed by atoms with van der Waals surface area (Å²) in [5.74, 6) is -1.28. The minimum absolute atomic E-state index is 0.0628. The van der Waals surface area contributed by atoms with E-state index >= 15 is 0 Å². The number of fused-ring (bicyclic) bond motifs is 1. The number of halogens is 1. The molecule has 1 aliphatic heterocycles. The lowest BCUT2D eigenvalue weighted by Crippen LogP contribution is -2.39. The molecule has 0 saturated carbocycles. The number of carboxylic acid groups (broad SMARTS) is 1. The molecule has 1 aromatic heterocycles. The van der Waals surface area contributed by atoms with Crippen LogP contribution in [-0.2, 0) is 27.3 Å². The zero-order valence-electron chi connectivity index (χ0n) is 28.9. The first kappa shape index (κ1) is 35.6. The largest absolute Gasteiger partial charge is 0.480 e. The molecule has 10 heteroatoms. The van der Waals surface area contributed by atoms with E-state index in [-0.39, 0.29) is 18.4 Å². The molecule has 51 heavy (non-hydrogen) atoms. The van der Waals surface area contributed by atoms with E-state index in [4.69, 9.17) is 21.3 Å². The molecule has 1 amide bonds. The molecule has 1 fully saturated rings. The first-order valence-corrected chi connectivity index (χ1v) is 17.4. The van der Waals surface area contributed by atoms with Crippen LogP contribution in [0.25, 0.3) is 10.9 Å². The first-order chi connectivity index (χ1) is 24.5. The van der Waals surface area contributed by atoms with Crippen LogP contribution in [-0.4, -0.2) is 62.5 Å². The fourth-order valence-corrected chi connectivity index (χ4v) is 6.82. The average Bonchev–Trinajstić information content (AvgIpc) is 3.72. The third kappa shape index (κ3) is 8.39. The van der Waals surface area contributed by atoms with Crippen LogP contribution in [0.3, 0.4) is 0 Å². The molecular formula is C41H41ClN4O5. The number of aliphatic carboxylic acids is 1. The molecule has 6 rings (SSSR count). The van der Waals surface area contributed by atoms with Gasteiger partial charge in [0.05, 0.1) is 28.0 Å². The van der Waals surface area contributed by atoms with Crippen molar-refractivity contribution in [2.45, 2.75) is 64.3 Å². The van der Waals surface area contributed by atoms with Gasteiger partial charge in [0.25, 0.3) is 0 Å². The molecule has 0 radical (unpaired) electrons. The number of nitrogens with zero attached hydrogens (tertiary/aromatic N) is 3. The van der Waals surface area contributed by atoms with E-state index in [0.29, 0.717) is 50.6 Å². The van der Waals surface area contributed by atoms with Gasteiger partial charge >= 0.3 is 12.1 Å². The zero-order chi connectivity index (χ0) is 36.1. The van der Waals surface area contributed by atoms with Gasteiger partial charge in [-0.15, -0.1) is 0 Å². The molecule has 262 valence electrons. The number of para-hydroxylation sites is 1. The van der Waals surface area contributed by atoms with Gasteiger partial charge in [-0.05, 0) is 69.5 Å². The van der Waals surface area contributed by atoms with Crippen LogP contribution >= 0.6 is 11.6 Å². The van der Waals surface area contributed by atoms with E-state index in [2.05, 4.69) is 22.3 Å². The summed E-state index contributed by atoms with van der Waals surface area (Å²) >= 11 is 6.66. The fraction of sp³-hybridized carbons (Fsp3) is 0.268. The van der Waals surface area contributed by atoms with Gasteiger partial charge in [-0.25, -0.2) is 9.59 Å². The Bertz CT molecular complexity index is 2070. The second kappa shape index (κ2) is 15.3. The van der Waals surface area contributed by atoms with E-state index < -0.39 is 23.7 Å². The van der Waals surface area contributed by atoms with Crippen molar-refractivity contribution < 1.29 is 24.2 Å². The topological polar surface area (TPSA) is 113 Å². The van der Waals surface area contributed by atoms with Crippen LogP contribution in [0.1, 0.15) is 55.9 Å². The summed E-state index contributed by atoms with van der Waals surface area (Å²) in [6.07, 6.45) is 2.57. The number of carbonyl (C=O) groups is 3. The third-order valence-corrected chi connectivity index (χ3v) is 9.13. The molecule has 0 spiro atoms. The van der Waals surface area contributed by atoms with Crippen molar-refractivity contribution in [1.29, 1.82) is 0 Å². The van der Waals surface area contributed by atoms with E-state index in [0.717, 1.165) is 24.9 Å². The van der Waals surface area contributed by atoms with Crippen LogP contribution in [0.2, 0.25) is 5.02 Å². The molecule has 2 heterocycles. The number of benzene rings is 4. The number of carboxylic acids is 1. The fourth-order valence-electron chi connectivity index (χ4n) is 6.53. The molecule has 9 nitrogen and oxygen atoms in total. The van der Waals surface area contributed by atoms with E-state index in [1.807, 2.05) is 72.8 Å². The van der Waals surface area contributed by atoms with Crippen molar-refractivity contribution in [2.24, 2.45) is 4.99 Å². The number of carbonyl (C=O) groups excluding carboxylic acids is 2. The Labute approximate surface area is 302 Å². The summed E-state index contributed by atoms with van der Waals surface area (Å²) < 4.78 is 6.99. The van der Waals surface area contributed by atoms with Gasteiger partial charge in [0.1, 0.15) is 5.60 Å². The molecule has 1 saturated heterocycles. The molecule has 0 aliphatic carbocycles. The Morgan fingerprint density at radius 3 is 2.33 bits per heavy atom. The van der Waals surface area contributed by atoms with Crippen molar-refractivity contribution >= 4 is 51.9 Å². The number of amides is 1. The standard InChI is InChI=1S/C41H41ClN4O5/c1-41(2,3)51-40(50)46-26-29(36-31(42)19-12-21-34(36)46)24-33(39(48)49)43-37(28-16-8-5-9-17-28)30-18-10-11-20-32(30)44-38(47)35-22-13-23-45(35)25-27-14-6-4-7-15-27/h4-12,14-21,26,33,35H,13,22-25H2,1-3H3,(H,44,47)(H,48,49)/t33-,35-/m0/s1. The predicted octanol–water partition coefficient (Wildman–Crippen LogP) is 8.21. The summed E-state index contributed by atoms with van der Waals surface area (Å²) in [7, 11) is 0. The predicted molar refractivity (Wildman–Crippen MR) is 201 cm³/mol. The summed E-state index contributed by atoms with van der Waals surface area (Å²) in [5.41, 5.74) is 3.66. The highest BCUT2D eigenvalue weighted by Gasteiger charge is 2.32. The zero-order valence-corrected chi connectivity index (χ0v) is 29.6. The number of aliphatic imine (C=N–C) groups is 1. The van der Waals surface area contributed by atoms with Crippen molar-refractivity contribution in [3.8, 4) is 0 Å². The number of aromatic nitrogens is 1. The normalized spacial score (nSPS) is 15.8. The Balaban J connectivity index is 1.36. The van der Waals surface area contributed by atoms with Crippen LogP contribution < -0.4 is 5.32 Å². The second-order valence-electron chi connectivity index (χ2n) is 13.7. The number of ether oxygens (including phenoxy) is 1.